The minimum absolute atomic E-state index is 0.0198. The lowest BCUT2D eigenvalue weighted by atomic mass is 9.74. The Kier molecular flexibility index (Phi) is 4.29. The van der Waals surface area contributed by atoms with E-state index in [9.17, 15) is 9.59 Å². The Morgan fingerprint density at radius 2 is 1.87 bits per heavy atom. The number of halogens is 2. The van der Waals surface area contributed by atoms with Crippen LogP contribution in [0.1, 0.15) is 18.4 Å². The lowest BCUT2D eigenvalue weighted by molar-refractivity contribution is -0.130. The summed E-state index contributed by atoms with van der Waals surface area (Å²) >= 11 is 12.3. The molecule has 1 spiro atoms. The largest absolute Gasteiger partial charge is 0.347 e. The molecule has 1 aromatic carbocycles. The molecule has 0 saturated carbocycles. The van der Waals surface area contributed by atoms with E-state index in [1.54, 1.807) is 31.1 Å². The van der Waals surface area contributed by atoms with Crippen molar-refractivity contribution in [3.05, 3.63) is 27.7 Å². The van der Waals surface area contributed by atoms with Crippen molar-refractivity contribution in [3.63, 3.8) is 0 Å². The quantitative estimate of drug-likeness (QED) is 0.883. The van der Waals surface area contributed by atoms with E-state index in [-0.39, 0.29) is 18.4 Å². The first-order chi connectivity index (χ1) is 10.9. The van der Waals surface area contributed by atoms with E-state index in [4.69, 9.17) is 23.2 Å². The molecule has 2 aliphatic rings. The maximum absolute atomic E-state index is 13.2. The summed E-state index contributed by atoms with van der Waals surface area (Å²) in [5, 5.41) is 4.12. The minimum atomic E-state index is -0.596. The molecule has 124 valence electrons. The van der Waals surface area contributed by atoms with Gasteiger partial charge in [0.2, 0.25) is 11.8 Å². The van der Waals surface area contributed by atoms with Crippen molar-refractivity contribution >= 4 is 40.7 Å². The zero-order valence-electron chi connectivity index (χ0n) is 13.2. The summed E-state index contributed by atoms with van der Waals surface area (Å²) in [7, 11) is 3.36. The molecule has 0 radical (unpaired) electrons. The van der Waals surface area contributed by atoms with Crippen LogP contribution in [0.5, 0.6) is 0 Å². The molecular weight excluding hydrogens is 337 g/mol. The molecule has 0 unspecified atom stereocenters. The van der Waals surface area contributed by atoms with Crippen LogP contribution < -0.4 is 10.2 Å². The zero-order valence-corrected chi connectivity index (χ0v) is 14.7. The highest BCUT2D eigenvalue weighted by Gasteiger charge is 2.51. The predicted molar refractivity (Wildman–Crippen MR) is 91.3 cm³/mol. The van der Waals surface area contributed by atoms with Crippen molar-refractivity contribution in [1.29, 1.82) is 0 Å². The average Bonchev–Trinajstić information content (AvgIpc) is 2.72. The van der Waals surface area contributed by atoms with E-state index >= 15 is 0 Å². The Hall–Kier alpha value is -1.30. The molecule has 2 aliphatic heterocycles. The van der Waals surface area contributed by atoms with Gasteiger partial charge in [0, 0.05) is 14.1 Å². The highest BCUT2D eigenvalue weighted by atomic mass is 35.5. The van der Waals surface area contributed by atoms with Gasteiger partial charge in [-0.1, -0.05) is 23.2 Å². The summed E-state index contributed by atoms with van der Waals surface area (Å²) < 4.78 is 0. The van der Waals surface area contributed by atoms with E-state index in [0.29, 0.717) is 28.6 Å². The molecule has 2 amide bonds. The van der Waals surface area contributed by atoms with Gasteiger partial charge in [0.1, 0.15) is 6.54 Å². The third kappa shape index (κ3) is 2.61. The monoisotopic (exact) mass is 355 g/mol. The van der Waals surface area contributed by atoms with E-state index in [0.717, 1.165) is 18.7 Å². The smallest absolute Gasteiger partial charge is 0.242 e. The fraction of sp³-hybridized carbons (Fsp3) is 0.500. The fourth-order valence-corrected chi connectivity index (χ4v) is 3.72. The number of hydrogen-bond acceptors (Lipinski definition) is 3. The SMILES string of the molecule is CN(C)C(=O)CN1C(=O)C2(CCNCC2)c2cc(Cl)c(Cl)cc21. The summed E-state index contributed by atoms with van der Waals surface area (Å²) in [4.78, 5) is 28.3. The maximum Gasteiger partial charge on any atom is 0.242 e. The molecule has 0 aromatic heterocycles. The van der Waals surface area contributed by atoms with Crippen LogP contribution in [0.2, 0.25) is 10.0 Å². The van der Waals surface area contributed by atoms with E-state index in [2.05, 4.69) is 5.32 Å². The van der Waals surface area contributed by atoms with Crippen molar-refractivity contribution in [2.45, 2.75) is 18.3 Å². The number of amides is 2. The topological polar surface area (TPSA) is 52.7 Å². The van der Waals surface area contributed by atoms with Gasteiger partial charge >= 0.3 is 0 Å². The molecule has 7 heteroatoms. The average molecular weight is 356 g/mol. The number of carbonyl (C=O) groups excluding carboxylic acids is 2. The van der Waals surface area contributed by atoms with Gasteiger partial charge in [-0.05, 0) is 43.6 Å². The lowest BCUT2D eigenvalue weighted by Gasteiger charge is -2.33. The van der Waals surface area contributed by atoms with Crippen molar-refractivity contribution in [2.75, 3.05) is 38.6 Å². The number of piperidine rings is 1. The molecule has 3 rings (SSSR count). The second-order valence-corrected chi connectivity index (χ2v) is 7.11. The minimum Gasteiger partial charge on any atom is -0.347 e. The van der Waals surface area contributed by atoms with Crippen LogP contribution in [0, 0.1) is 0 Å². The van der Waals surface area contributed by atoms with Gasteiger partial charge in [0.25, 0.3) is 0 Å². The number of hydrogen-bond donors (Lipinski definition) is 1. The number of nitrogens with one attached hydrogen (secondary N) is 1. The van der Waals surface area contributed by atoms with E-state index < -0.39 is 5.41 Å². The second kappa shape index (κ2) is 5.96. The molecule has 1 fully saturated rings. The first kappa shape index (κ1) is 16.6. The molecule has 0 atom stereocenters. The highest BCUT2D eigenvalue weighted by Crippen LogP contribution is 2.49. The number of anilines is 1. The molecule has 1 saturated heterocycles. The zero-order chi connectivity index (χ0) is 16.8. The summed E-state index contributed by atoms with van der Waals surface area (Å²) in [6, 6.07) is 3.50. The Morgan fingerprint density at radius 1 is 1.26 bits per heavy atom. The highest BCUT2D eigenvalue weighted by molar-refractivity contribution is 6.42. The van der Waals surface area contributed by atoms with Crippen molar-refractivity contribution in [2.24, 2.45) is 0 Å². The van der Waals surface area contributed by atoms with Crippen molar-refractivity contribution in [1.82, 2.24) is 10.2 Å². The van der Waals surface area contributed by atoms with Crippen LogP contribution in [-0.2, 0) is 15.0 Å². The van der Waals surface area contributed by atoms with Crippen molar-refractivity contribution in [3.8, 4) is 0 Å². The standard InChI is InChI=1S/C16H19Cl2N3O2/c1-20(2)14(22)9-21-13-8-12(18)11(17)7-10(13)16(15(21)23)3-5-19-6-4-16/h7-8,19H,3-6,9H2,1-2H3. The van der Waals surface area contributed by atoms with Gasteiger partial charge in [0.05, 0.1) is 21.1 Å². The Labute approximate surface area is 145 Å². The van der Waals surface area contributed by atoms with Gasteiger partial charge in [-0.2, -0.15) is 0 Å². The van der Waals surface area contributed by atoms with Gasteiger partial charge in [0.15, 0.2) is 0 Å². The van der Waals surface area contributed by atoms with Gasteiger partial charge < -0.3 is 15.1 Å². The van der Waals surface area contributed by atoms with E-state index in [1.807, 2.05) is 0 Å². The number of rotatable bonds is 2. The molecular formula is C16H19Cl2N3O2. The van der Waals surface area contributed by atoms with Crippen LogP contribution in [0.15, 0.2) is 12.1 Å². The summed E-state index contributed by atoms with van der Waals surface area (Å²) in [6.45, 7) is 1.55. The first-order valence-corrected chi connectivity index (χ1v) is 8.35. The predicted octanol–water partition coefficient (Wildman–Crippen LogP) is 2.05. The molecule has 2 heterocycles. The van der Waals surface area contributed by atoms with E-state index in [1.165, 1.54) is 4.90 Å². The normalized spacial score (nSPS) is 19.1. The summed E-state index contributed by atoms with van der Waals surface area (Å²) in [5.41, 5.74) is 1.01. The van der Waals surface area contributed by atoms with Crippen LogP contribution in [-0.4, -0.2) is 50.4 Å². The molecule has 23 heavy (non-hydrogen) atoms. The Balaban J connectivity index is 2.09. The van der Waals surface area contributed by atoms with Gasteiger partial charge in [-0.15, -0.1) is 0 Å². The van der Waals surface area contributed by atoms with Crippen LogP contribution in [0.4, 0.5) is 5.69 Å². The van der Waals surface area contributed by atoms with Crippen LogP contribution in [0.25, 0.3) is 0 Å². The maximum atomic E-state index is 13.2. The fourth-order valence-electron chi connectivity index (χ4n) is 3.40. The summed E-state index contributed by atoms with van der Waals surface area (Å²) in [5.74, 6) is -0.149. The van der Waals surface area contributed by atoms with Crippen LogP contribution >= 0.6 is 23.2 Å². The van der Waals surface area contributed by atoms with Gasteiger partial charge in [-0.3, -0.25) is 9.59 Å². The van der Waals surface area contributed by atoms with Crippen LogP contribution in [0.3, 0.4) is 0 Å². The number of carbonyl (C=O) groups is 2. The molecule has 0 bridgehead atoms. The first-order valence-electron chi connectivity index (χ1n) is 7.59. The Morgan fingerprint density at radius 3 is 2.48 bits per heavy atom. The van der Waals surface area contributed by atoms with Gasteiger partial charge in [-0.25, -0.2) is 0 Å². The Bertz CT molecular complexity index is 670. The number of nitrogens with zero attached hydrogens (tertiary/aromatic N) is 2. The number of benzene rings is 1. The third-order valence-electron chi connectivity index (χ3n) is 4.75. The molecule has 0 aliphatic carbocycles. The number of fused-ring (bicyclic) bond motifs is 2. The molecule has 1 aromatic rings. The third-order valence-corrected chi connectivity index (χ3v) is 5.47. The molecule has 1 N–H and O–H groups in total. The second-order valence-electron chi connectivity index (χ2n) is 6.30. The lowest BCUT2D eigenvalue weighted by Crippen LogP contribution is -2.49. The number of likely N-dealkylation sites (N-methyl/N-ethyl adjacent to an activating group) is 1. The van der Waals surface area contributed by atoms with Crippen molar-refractivity contribution < 1.29 is 9.59 Å². The summed E-state index contributed by atoms with van der Waals surface area (Å²) in [6.07, 6.45) is 1.40. The molecule has 5 nitrogen and oxygen atoms in total.